The molecular weight excluding hydrogens is 354 g/mol. The third-order valence-electron chi connectivity index (χ3n) is 4.33. The van der Waals surface area contributed by atoms with Crippen molar-refractivity contribution < 1.29 is 9.84 Å². The van der Waals surface area contributed by atoms with Crippen LogP contribution in [0.15, 0.2) is 24.3 Å². The van der Waals surface area contributed by atoms with Gasteiger partial charge in [0.2, 0.25) is 0 Å². The van der Waals surface area contributed by atoms with Crippen LogP contribution < -0.4 is 4.74 Å². The van der Waals surface area contributed by atoms with Gasteiger partial charge in [-0.2, -0.15) is 0 Å². The molecule has 1 aliphatic rings. The van der Waals surface area contributed by atoms with Gasteiger partial charge in [-0.25, -0.2) is 0 Å². The predicted octanol–water partition coefficient (Wildman–Crippen LogP) is 3.98. The maximum atomic E-state index is 10.5. The molecule has 130 valence electrons. The first-order valence-corrected chi connectivity index (χ1v) is 9.75. The van der Waals surface area contributed by atoms with Gasteiger partial charge in [-0.15, -0.1) is 16.4 Å². The van der Waals surface area contributed by atoms with Crippen LogP contribution in [0.3, 0.4) is 0 Å². The Morgan fingerprint density at radius 2 is 2.16 bits per heavy atom. The van der Waals surface area contributed by atoms with E-state index >= 15 is 0 Å². The normalized spacial score (nSPS) is 14.8. The first-order chi connectivity index (χ1) is 12.1. The number of thiophene rings is 1. The molecule has 5 nitrogen and oxygen atoms in total. The summed E-state index contributed by atoms with van der Waals surface area (Å²) in [5.74, 6) is 0.828. The van der Waals surface area contributed by atoms with Crippen LogP contribution in [-0.4, -0.2) is 32.7 Å². The van der Waals surface area contributed by atoms with Gasteiger partial charge in [-0.05, 0) is 55.2 Å². The quantitative estimate of drug-likeness (QED) is 0.752. The van der Waals surface area contributed by atoms with Crippen LogP contribution in [0.5, 0.6) is 11.5 Å². The molecular formula is C18H19N3O2S2. The van der Waals surface area contributed by atoms with Crippen molar-refractivity contribution in [2.24, 2.45) is 0 Å². The summed E-state index contributed by atoms with van der Waals surface area (Å²) in [6.45, 7) is 6.98. The van der Waals surface area contributed by atoms with E-state index in [9.17, 15) is 5.11 Å². The van der Waals surface area contributed by atoms with Crippen molar-refractivity contribution in [1.82, 2.24) is 14.5 Å². The van der Waals surface area contributed by atoms with E-state index in [0.29, 0.717) is 12.4 Å². The van der Waals surface area contributed by atoms with Crippen LogP contribution >= 0.6 is 22.9 Å². The fourth-order valence-electron chi connectivity index (χ4n) is 3.02. The molecule has 0 bridgehead atoms. The zero-order chi connectivity index (χ0) is 17.4. The van der Waals surface area contributed by atoms with Gasteiger partial charge in [0.1, 0.15) is 6.61 Å². The van der Waals surface area contributed by atoms with E-state index in [0.717, 1.165) is 41.3 Å². The lowest BCUT2D eigenvalue weighted by atomic mass is 10.1. The first-order valence-electron chi connectivity index (χ1n) is 8.16. The van der Waals surface area contributed by atoms with Gasteiger partial charge in [0.15, 0.2) is 11.5 Å². The minimum atomic E-state index is 0.219. The van der Waals surface area contributed by atoms with E-state index in [4.69, 9.17) is 4.74 Å². The largest absolute Gasteiger partial charge is 0.504 e. The van der Waals surface area contributed by atoms with Crippen LogP contribution in [0.2, 0.25) is 0 Å². The second kappa shape index (κ2) is 6.74. The standard InChI is InChI=1S/C18H19N3O2S2/c1-11-3-4-16(24-11)13-7-14-9-21(10-17-12(2)19-20-25-17)5-6-23-18(14)15(22)8-13/h3-4,7-8,22H,5-6,9-10H2,1-2H3. The smallest absolute Gasteiger partial charge is 0.165 e. The molecule has 4 rings (SSSR count). The fourth-order valence-corrected chi connectivity index (χ4v) is 4.55. The minimum absolute atomic E-state index is 0.219. The third kappa shape index (κ3) is 3.40. The molecule has 25 heavy (non-hydrogen) atoms. The number of phenols is 1. The Morgan fingerprint density at radius 1 is 1.28 bits per heavy atom. The maximum absolute atomic E-state index is 10.5. The molecule has 1 N–H and O–H groups in total. The summed E-state index contributed by atoms with van der Waals surface area (Å²) >= 11 is 3.18. The summed E-state index contributed by atoms with van der Waals surface area (Å²) in [5, 5.41) is 14.6. The number of aryl methyl sites for hydroxylation is 2. The number of phenolic OH excluding ortho intramolecular Hbond substituents is 1. The van der Waals surface area contributed by atoms with Crippen molar-refractivity contribution >= 4 is 22.9 Å². The Bertz CT molecular complexity index is 904. The van der Waals surface area contributed by atoms with Crippen molar-refractivity contribution in [3.63, 3.8) is 0 Å². The lowest BCUT2D eigenvalue weighted by Crippen LogP contribution is -2.25. The number of aromatic hydroxyl groups is 1. The van der Waals surface area contributed by atoms with Crippen molar-refractivity contribution in [2.75, 3.05) is 13.2 Å². The Hall–Kier alpha value is -1.96. The highest BCUT2D eigenvalue weighted by atomic mass is 32.1. The van der Waals surface area contributed by atoms with Crippen molar-refractivity contribution in [1.29, 1.82) is 0 Å². The number of fused-ring (bicyclic) bond motifs is 1. The number of nitrogens with zero attached hydrogens (tertiary/aromatic N) is 3. The summed E-state index contributed by atoms with van der Waals surface area (Å²) in [4.78, 5) is 5.92. The van der Waals surface area contributed by atoms with Crippen molar-refractivity contribution in [3.8, 4) is 21.9 Å². The second-order valence-electron chi connectivity index (χ2n) is 6.23. The van der Waals surface area contributed by atoms with E-state index in [2.05, 4.69) is 39.6 Å². The molecule has 1 aliphatic heterocycles. The zero-order valence-electron chi connectivity index (χ0n) is 14.2. The molecule has 0 amide bonds. The molecule has 0 spiro atoms. The van der Waals surface area contributed by atoms with Crippen molar-refractivity contribution in [3.05, 3.63) is 45.3 Å². The number of benzene rings is 1. The summed E-state index contributed by atoms with van der Waals surface area (Å²) in [6.07, 6.45) is 0. The molecule has 3 heterocycles. The van der Waals surface area contributed by atoms with E-state index in [1.807, 2.05) is 6.92 Å². The lowest BCUT2D eigenvalue weighted by molar-refractivity contribution is 0.218. The van der Waals surface area contributed by atoms with E-state index in [-0.39, 0.29) is 5.75 Å². The number of hydrogen-bond donors (Lipinski definition) is 1. The average Bonchev–Trinajstić information content (AvgIpc) is 3.12. The van der Waals surface area contributed by atoms with E-state index < -0.39 is 0 Å². The van der Waals surface area contributed by atoms with Crippen LogP contribution in [0.1, 0.15) is 21.0 Å². The Labute approximate surface area is 154 Å². The van der Waals surface area contributed by atoms with Gasteiger partial charge in [0, 0.05) is 35.0 Å². The predicted molar refractivity (Wildman–Crippen MR) is 100 cm³/mol. The van der Waals surface area contributed by atoms with Gasteiger partial charge in [-0.1, -0.05) is 4.49 Å². The number of rotatable bonds is 3. The van der Waals surface area contributed by atoms with Crippen LogP contribution in [0.25, 0.3) is 10.4 Å². The van der Waals surface area contributed by atoms with Crippen LogP contribution in [0, 0.1) is 13.8 Å². The highest BCUT2D eigenvalue weighted by Crippen LogP contribution is 2.39. The lowest BCUT2D eigenvalue weighted by Gasteiger charge is -2.18. The molecule has 3 aromatic rings. The molecule has 0 radical (unpaired) electrons. The molecule has 1 aromatic carbocycles. The summed E-state index contributed by atoms with van der Waals surface area (Å²) in [6, 6.07) is 8.14. The molecule has 0 unspecified atom stereocenters. The van der Waals surface area contributed by atoms with Gasteiger partial charge in [0.05, 0.1) is 10.6 Å². The summed E-state index contributed by atoms with van der Waals surface area (Å²) < 4.78 is 9.86. The highest BCUT2D eigenvalue weighted by Gasteiger charge is 2.21. The van der Waals surface area contributed by atoms with Crippen molar-refractivity contribution in [2.45, 2.75) is 26.9 Å². The van der Waals surface area contributed by atoms with E-state index in [1.165, 1.54) is 21.3 Å². The Morgan fingerprint density at radius 3 is 2.88 bits per heavy atom. The SMILES string of the molecule is Cc1ccc(-c2cc(O)c3c(c2)CN(Cc2snnc2C)CCO3)s1. The average molecular weight is 374 g/mol. The summed E-state index contributed by atoms with van der Waals surface area (Å²) in [5.41, 5.74) is 3.05. The third-order valence-corrected chi connectivity index (χ3v) is 6.19. The first kappa shape index (κ1) is 16.5. The van der Waals surface area contributed by atoms with E-state index in [1.54, 1.807) is 17.4 Å². The highest BCUT2D eigenvalue weighted by molar-refractivity contribution is 7.15. The molecule has 0 saturated heterocycles. The monoisotopic (exact) mass is 373 g/mol. The second-order valence-corrected chi connectivity index (χ2v) is 8.36. The maximum Gasteiger partial charge on any atom is 0.165 e. The minimum Gasteiger partial charge on any atom is -0.504 e. The number of ether oxygens (including phenoxy) is 1. The molecule has 2 aromatic heterocycles. The molecule has 7 heteroatoms. The number of hydrogen-bond acceptors (Lipinski definition) is 7. The van der Waals surface area contributed by atoms with Crippen LogP contribution in [-0.2, 0) is 13.1 Å². The molecule has 0 fully saturated rings. The Balaban J connectivity index is 1.65. The number of aromatic nitrogens is 2. The van der Waals surface area contributed by atoms with Gasteiger partial charge in [0.25, 0.3) is 0 Å². The molecule has 0 aliphatic carbocycles. The zero-order valence-corrected chi connectivity index (χ0v) is 15.8. The topological polar surface area (TPSA) is 58.5 Å². The van der Waals surface area contributed by atoms with Gasteiger partial charge >= 0.3 is 0 Å². The van der Waals surface area contributed by atoms with Gasteiger partial charge in [-0.3, -0.25) is 4.90 Å². The molecule has 0 saturated carbocycles. The van der Waals surface area contributed by atoms with Gasteiger partial charge < -0.3 is 9.84 Å². The fraction of sp³-hybridized carbons (Fsp3) is 0.333. The van der Waals surface area contributed by atoms with Crippen LogP contribution in [0.4, 0.5) is 0 Å². The Kier molecular flexibility index (Phi) is 4.45. The molecule has 0 atom stereocenters. The summed E-state index contributed by atoms with van der Waals surface area (Å²) in [7, 11) is 0.